The van der Waals surface area contributed by atoms with Crippen molar-refractivity contribution in [2.24, 2.45) is 0 Å². The van der Waals surface area contributed by atoms with Gasteiger partial charge in [0.1, 0.15) is 0 Å². The number of hydrogen-bond donors (Lipinski definition) is 1. The van der Waals surface area contributed by atoms with Gasteiger partial charge in [-0.15, -0.1) is 0 Å². The molecular formula is C16H32N2O. The first-order chi connectivity index (χ1) is 9.03. The Balaban J connectivity index is 0. The van der Waals surface area contributed by atoms with E-state index in [4.69, 9.17) is 0 Å². The lowest BCUT2D eigenvalue weighted by Crippen LogP contribution is -2.39. The summed E-state index contributed by atoms with van der Waals surface area (Å²) in [5.74, 6) is 0.0733. The van der Waals surface area contributed by atoms with Gasteiger partial charge >= 0.3 is 0 Å². The lowest BCUT2D eigenvalue weighted by atomic mass is 10.1. The standard InChI is InChI=1S/C14H26N2O.C2H6/c1-6-9-16(5)11-14(17)15-12(4)10-13(7-2)8-3;1-2/h7,10,12H,2,6,8-9,11H2,1,3-5H3,(H,15,17);1-2H3/b13-10+;. The molecule has 1 atom stereocenters. The number of amides is 1. The van der Waals surface area contributed by atoms with Crippen LogP contribution in [0.15, 0.2) is 24.3 Å². The van der Waals surface area contributed by atoms with Crippen LogP contribution in [0.4, 0.5) is 0 Å². The zero-order chi connectivity index (χ0) is 15.3. The van der Waals surface area contributed by atoms with Gasteiger partial charge in [0.15, 0.2) is 0 Å². The van der Waals surface area contributed by atoms with Crippen molar-refractivity contribution in [3.05, 3.63) is 24.3 Å². The summed E-state index contributed by atoms with van der Waals surface area (Å²) in [4.78, 5) is 13.7. The van der Waals surface area contributed by atoms with Gasteiger partial charge in [0.2, 0.25) is 5.91 Å². The van der Waals surface area contributed by atoms with Crippen molar-refractivity contribution >= 4 is 5.91 Å². The van der Waals surface area contributed by atoms with Gasteiger partial charge in [0, 0.05) is 6.04 Å². The van der Waals surface area contributed by atoms with Crippen molar-refractivity contribution < 1.29 is 4.79 Å². The van der Waals surface area contributed by atoms with E-state index in [1.807, 2.05) is 44.9 Å². The molecule has 0 saturated heterocycles. The summed E-state index contributed by atoms with van der Waals surface area (Å²) >= 11 is 0. The van der Waals surface area contributed by atoms with E-state index in [1.165, 1.54) is 5.57 Å². The Kier molecular flexibility index (Phi) is 14.2. The Labute approximate surface area is 119 Å². The summed E-state index contributed by atoms with van der Waals surface area (Å²) < 4.78 is 0. The molecule has 0 heterocycles. The molecule has 0 bridgehead atoms. The quantitative estimate of drug-likeness (QED) is 0.684. The first kappa shape index (κ1) is 20.2. The molecule has 0 aromatic carbocycles. The summed E-state index contributed by atoms with van der Waals surface area (Å²) in [5, 5.41) is 2.96. The first-order valence-electron chi connectivity index (χ1n) is 7.34. The van der Waals surface area contributed by atoms with Crippen LogP contribution in [0.3, 0.4) is 0 Å². The molecule has 112 valence electrons. The SMILES string of the molecule is C=C/C(=C\C(C)NC(=O)CN(C)CCC)CC.CC. The van der Waals surface area contributed by atoms with Gasteiger partial charge in [0.25, 0.3) is 0 Å². The number of nitrogens with zero attached hydrogens (tertiary/aromatic N) is 1. The van der Waals surface area contributed by atoms with Crippen LogP contribution in [0.25, 0.3) is 0 Å². The van der Waals surface area contributed by atoms with Crippen molar-refractivity contribution in [3.63, 3.8) is 0 Å². The first-order valence-corrected chi connectivity index (χ1v) is 7.34. The van der Waals surface area contributed by atoms with E-state index >= 15 is 0 Å². The molecule has 0 aromatic rings. The Bertz CT molecular complexity index is 272. The normalized spacial score (nSPS) is 12.5. The molecule has 1 unspecified atom stereocenters. The van der Waals surface area contributed by atoms with Crippen LogP contribution in [0.2, 0.25) is 0 Å². The molecule has 0 saturated carbocycles. The van der Waals surface area contributed by atoms with Crippen LogP contribution in [-0.4, -0.2) is 37.0 Å². The summed E-state index contributed by atoms with van der Waals surface area (Å²) in [6.07, 6.45) is 5.89. The highest BCUT2D eigenvalue weighted by atomic mass is 16.2. The monoisotopic (exact) mass is 268 g/mol. The fourth-order valence-electron chi connectivity index (χ4n) is 1.70. The van der Waals surface area contributed by atoms with Gasteiger partial charge in [-0.05, 0) is 33.4 Å². The minimum Gasteiger partial charge on any atom is -0.349 e. The number of hydrogen-bond acceptors (Lipinski definition) is 2. The van der Waals surface area contributed by atoms with Crippen molar-refractivity contribution in [1.82, 2.24) is 10.2 Å². The highest BCUT2D eigenvalue weighted by molar-refractivity contribution is 5.78. The molecule has 0 aromatic heterocycles. The minimum atomic E-state index is 0.0606. The van der Waals surface area contributed by atoms with Crippen LogP contribution in [0.5, 0.6) is 0 Å². The van der Waals surface area contributed by atoms with Crippen molar-refractivity contribution in [3.8, 4) is 0 Å². The molecule has 1 amide bonds. The third-order valence-electron chi connectivity index (χ3n) is 2.54. The van der Waals surface area contributed by atoms with E-state index in [2.05, 4.69) is 25.7 Å². The zero-order valence-corrected chi connectivity index (χ0v) is 13.6. The molecular weight excluding hydrogens is 236 g/mol. The minimum absolute atomic E-state index is 0.0606. The van der Waals surface area contributed by atoms with E-state index in [9.17, 15) is 4.79 Å². The Hall–Kier alpha value is -1.09. The number of nitrogens with one attached hydrogen (secondary N) is 1. The van der Waals surface area contributed by atoms with Gasteiger partial charge in [-0.3, -0.25) is 9.69 Å². The number of rotatable bonds is 8. The lowest BCUT2D eigenvalue weighted by molar-refractivity contribution is -0.122. The average molecular weight is 268 g/mol. The van der Waals surface area contributed by atoms with E-state index in [0.717, 1.165) is 19.4 Å². The number of carbonyl (C=O) groups is 1. The van der Waals surface area contributed by atoms with Gasteiger partial charge in [-0.1, -0.05) is 52.0 Å². The van der Waals surface area contributed by atoms with Gasteiger partial charge in [-0.2, -0.15) is 0 Å². The smallest absolute Gasteiger partial charge is 0.234 e. The summed E-state index contributed by atoms with van der Waals surface area (Å²) in [5.41, 5.74) is 1.17. The lowest BCUT2D eigenvalue weighted by Gasteiger charge is -2.17. The third kappa shape index (κ3) is 11.7. The summed E-state index contributed by atoms with van der Waals surface area (Å²) in [7, 11) is 1.96. The van der Waals surface area contributed by atoms with E-state index in [1.54, 1.807) is 0 Å². The van der Waals surface area contributed by atoms with Crippen LogP contribution < -0.4 is 5.32 Å². The summed E-state index contributed by atoms with van der Waals surface area (Å²) in [6.45, 7) is 15.3. The largest absolute Gasteiger partial charge is 0.349 e. The van der Waals surface area contributed by atoms with Gasteiger partial charge < -0.3 is 5.32 Å². The molecule has 3 nitrogen and oxygen atoms in total. The van der Waals surface area contributed by atoms with Crippen LogP contribution in [0, 0.1) is 0 Å². The Morgan fingerprint density at radius 3 is 2.37 bits per heavy atom. The van der Waals surface area contributed by atoms with Crippen LogP contribution in [-0.2, 0) is 4.79 Å². The average Bonchev–Trinajstić information content (AvgIpc) is 2.38. The zero-order valence-electron chi connectivity index (χ0n) is 13.6. The predicted molar refractivity (Wildman–Crippen MR) is 85.3 cm³/mol. The van der Waals surface area contributed by atoms with E-state index in [-0.39, 0.29) is 11.9 Å². The highest BCUT2D eigenvalue weighted by Gasteiger charge is 2.07. The maximum atomic E-state index is 11.7. The van der Waals surface area contributed by atoms with Crippen molar-refractivity contribution in [2.45, 2.75) is 53.5 Å². The molecule has 19 heavy (non-hydrogen) atoms. The van der Waals surface area contributed by atoms with Crippen molar-refractivity contribution in [1.29, 1.82) is 0 Å². The number of carbonyl (C=O) groups excluding carboxylic acids is 1. The number of likely N-dealkylation sites (N-methyl/N-ethyl adjacent to an activating group) is 1. The second-order valence-electron chi connectivity index (χ2n) is 4.39. The second-order valence-corrected chi connectivity index (χ2v) is 4.39. The molecule has 1 N–H and O–H groups in total. The second kappa shape index (κ2) is 13.3. The molecule has 0 rings (SSSR count). The van der Waals surface area contributed by atoms with E-state index < -0.39 is 0 Å². The third-order valence-corrected chi connectivity index (χ3v) is 2.54. The Morgan fingerprint density at radius 2 is 1.95 bits per heavy atom. The molecule has 3 heteroatoms. The highest BCUT2D eigenvalue weighted by Crippen LogP contribution is 2.03. The summed E-state index contributed by atoms with van der Waals surface area (Å²) in [6, 6.07) is 0.0606. The van der Waals surface area contributed by atoms with Gasteiger partial charge in [0.05, 0.1) is 6.54 Å². The molecule has 0 aliphatic rings. The number of allylic oxidation sites excluding steroid dienone is 2. The fourth-order valence-corrected chi connectivity index (χ4v) is 1.70. The molecule has 0 spiro atoms. The molecule has 0 aliphatic carbocycles. The Morgan fingerprint density at radius 1 is 1.37 bits per heavy atom. The predicted octanol–water partition coefficient (Wildman–Crippen LogP) is 3.38. The maximum Gasteiger partial charge on any atom is 0.234 e. The van der Waals surface area contributed by atoms with Crippen LogP contribution >= 0.6 is 0 Å². The molecule has 0 fully saturated rings. The van der Waals surface area contributed by atoms with Crippen molar-refractivity contribution in [2.75, 3.05) is 20.1 Å². The topological polar surface area (TPSA) is 32.3 Å². The van der Waals surface area contributed by atoms with E-state index in [0.29, 0.717) is 6.54 Å². The molecule has 0 aliphatic heterocycles. The van der Waals surface area contributed by atoms with Gasteiger partial charge in [-0.25, -0.2) is 0 Å². The maximum absolute atomic E-state index is 11.7. The van der Waals surface area contributed by atoms with Crippen LogP contribution in [0.1, 0.15) is 47.5 Å². The fraction of sp³-hybridized carbons (Fsp3) is 0.688. The molecule has 0 radical (unpaired) electrons.